The van der Waals surface area contributed by atoms with Gasteiger partial charge in [-0.3, -0.25) is 4.55 Å². The van der Waals surface area contributed by atoms with Gasteiger partial charge in [-0.15, -0.1) is 0 Å². The van der Waals surface area contributed by atoms with Gasteiger partial charge >= 0.3 is 11.9 Å². The fourth-order valence-electron chi connectivity index (χ4n) is 1.06. The summed E-state index contributed by atoms with van der Waals surface area (Å²) >= 11 is 0. The second-order valence-electron chi connectivity index (χ2n) is 2.80. The van der Waals surface area contributed by atoms with Crippen molar-refractivity contribution in [2.45, 2.75) is 4.90 Å². The molecule has 0 aliphatic heterocycles. The minimum atomic E-state index is -4.69. The first-order valence-electron chi connectivity index (χ1n) is 3.81. The molecule has 1 aromatic carbocycles. The minimum Gasteiger partial charge on any atom is -0.478 e. The van der Waals surface area contributed by atoms with E-state index in [2.05, 4.69) is 0 Å². The lowest BCUT2D eigenvalue weighted by molar-refractivity contribution is 0.0692. The standard InChI is InChI=1S/C8H6O7S.H3N/c9-7(10)4-1-2-6(16(13,14)15)5(3-4)8(11)12;/h1-3H,(H,9,10)(H,11,12)(H,13,14,15);1H3. The molecule has 1 rings (SSSR count). The molecule has 0 aromatic heterocycles. The van der Waals surface area contributed by atoms with Gasteiger partial charge in [-0.05, 0) is 18.2 Å². The summed E-state index contributed by atoms with van der Waals surface area (Å²) in [5.41, 5.74) is -1.17. The van der Waals surface area contributed by atoms with E-state index in [9.17, 15) is 18.0 Å². The second kappa shape index (κ2) is 4.91. The van der Waals surface area contributed by atoms with Crippen molar-refractivity contribution in [1.82, 2.24) is 6.15 Å². The Labute approximate surface area is 95.8 Å². The zero-order valence-electron chi connectivity index (χ0n) is 8.32. The maximum absolute atomic E-state index is 10.8. The molecule has 0 amide bonds. The SMILES string of the molecule is N.O=C(O)c1ccc(S(=O)(=O)O)c(C(=O)O)c1. The van der Waals surface area contributed by atoms with Crippen LogP contribution in [0.15, 0.2) is 23.1 Å². The molecule has 9 heteroatoms. The Morgan fingerprint density at radius 2 is 1.59 bits per heavy atom. The molecule has 0 fully saturated rings. The van der Waals surface area contributed by atoms with Crippen LogP contribution >= 0.6 is 0 Å². The van der Waals surface area contributed by atoms with Crippen LogP contribution in [0.1, 0.15) is 20.7 Å². The molecule has 1 aromatic rings. The van der Waals surface area contributed by atoms with Crippen molar-refractivity contribution in [1.29, 1.82) is 0 Å². The van der Waals surface area contributed by atoms with Crippen molar-refractivity contribution in [3.8, 4) is 0 Å². The Hall–Kier alpha value is -1.97. The molecule has 0 atom stereocenters. The first-order chi connectivity index (χ1) is 7.23. The smallest absolute Gasteiger partial charge is 0.337 e. The van der Waals surface area contributed by atoms with E-state index in [0.29, 0.717) is 6.07 Å². The van der Waals surface area contributed by atoms with Crippen molar-refractivity contribution in [2.75, 3.05) is 0 Å². The average Bonchev–Trinajstić information content (AvgIpc) is 2.15. The van der Waals surface area contributed by atoms with Crippen molar-refractivity contribution < 1.29 is 32.8 Å². The zero-order chi connectivity index (χ0) is 12.5. The molecule has 0 radical (unpaired) electrons. The number of carboxylic acids is 2. The van der Waals surface area contributed by atoms with Crippen LogP contribution < -0.4 is 6.15 Å². The van der Waals surface area contributed by atoms with Gasteiger partial charge in [-0.2, -0.15) is 8.42 Å². The highest BCUT2D eigenvalue weighted by atomic mass is 32.2. The van der Waals surface area contributed by atoms with E-state index >= 15 is 0 Å². The van der Waals surface area contributed by atoms with E-state index in [0.717, 1.165) is 12.1 Å². The molecule has 6 N–H and O–H groups in total. The lowest BCUT2D eigenvalue weighted by atomic mass is 10.1. The number of hydrogen-bond acceptors (Lipinski definition) is 5. The summed E-state index contributed by atoms with van der Waals surface area (Å²) in [6.45, 7) is 0. The van der Waals surface area contributed by atoms with Gasteiger partial charge in [0.2, 0.25) is 0 Å². The number of carboxylic acid groups (broad SMARTS) is 2. The molecule has 0 saturated carbocycles. The van der Waals surface area contributed by atoms with Gasteiger partial charge in [0, 0.05) is 0 Å². The van der Waals surface area contributed by atoms with E-state index in [1.54, 1.807) is 0 Å². The first-order valence-corrected chi connectivity index (χ1v) is 5.25. The summed E-state index contributed by atoms with van der Waals surface area (Å²) in [6.07, 6.45) is 0. The van der Waals surface area contributed by atoms with Crippen LogP contribution in [0.3, 0.4) is 0 Å². The molecule has 94 valence electrons. The highest BCUT2D eigenvalue weighted by molar-refractivity contribution is 7.86. The van der Waals surface area contributed by atoms with Crippen LogP contribution in [0.2, 0.25) is 0 Å². The van der Waals surface area contributed by atoms with E-state index in [-0.39, 0.29) is 11.7 Å². The van der Waals surface area contributed by atoms with Crippen LogP contribution in [0.4, 0.5) is 0 Å². The highest BCUT2D eigenvalue weighted by Gasteiger charge is 2.21. The predicted molar refractivity (Wildman–Crippen MR) is 55.2 cm³/mol. The minimum absolute atomic E-state index is 0. The van der Waals surface area contributed by atoms with Crippen molar-refractivity contribution in [3.05, 3.63) is 29.3 Å². The molecular formula is C8H9NO7S. The Kier molecular flexibility index (Phi) is 4.34. The normalized spacial score (nSPS) is 10.4. The van der Waals surface area contributed by atoms with Gasteiger partial charge in [0.05, 0.1) is 11.1 Å². The van der Waals surface area contributed by atoms with Crippen LogP contribution in [0.25, 0.3) is 0 Å². The molecule has 0 saturated heterocycles. The molecule has 17 heavy (non-hydrogen) atoms. The Balaban J connectivity index is 0.00000256. The van der Waals surface area contributed by atoms with Crippen LogP contribution in [0.5, 0.6) is 0 Å². The molecule has 0 unspecified atom stereocenters. The predicted octanol–water partition coefficient (Wildman–Crippen LogP) is 0.492. The maximum Gasteiger partial charge on any atom is 0.337 e. The summed E-state index contributed by atoms with van der Waals surface area (Å²) < 4.78 is 30.3. The average molecular weight is 263 g/mol. The van der Waals surface area contributed by atoms with Gasteiger partial charge in [-0.1, -0.05) is 0 Å². The zero-order valence-corrected chi connectivity index (χ0v) is 9.14. The molecule has 8 nitrogen and oxygen atoms in total. The molecule has 0 bridgehead atoms. The fraction of sp³-hybridized carbons (Fsp3) is 0. The largest absolute Gasteiger partial charge is 0.478 e. The lowest BCUT2D eigenvalue weighted by Gasteiger charge is -2.03. The number of hydrogen-bond donors (Lipinski definition) is 4. The van der Waals surface area contributed by atoms with Crippen molar-refractivity contribution in [3.63, 3.8) is 0 Å². The highest BCUT2D eigenvalue weighted by Crippen LogP contribution is 2.17. The fourth-order valence-corrected chi connectivity index (χ4v) is 1.72. The van der Waals surface area contributed by atoms with Gasteiger partial charge in [0.1, 0.15) is 4.90 Å². The second-order valence-corrected chi connectivity index (χ2v) is 4.19. The number of aromatic carboxylic acids is 2. The van der Waals surface area contributed by atoms with Crippen molar-refractivity contribution >= 4 is 22.1 Å². The maximum atomic E-state index is 10.8. The molecule has 0 aliphatic carbocycles. The van der Waals surface area contributed by atoms with E-state index in [1.165, 1.54) is 0 Å². The quantitative estimate of drug-likeness (QED) is 0.572. The summed E-state index contributed by atoms with van der Waals surface area (Å²) in [6, 6.07) is 2.27. The summed E-state index contributed by atoms with van der Waals surface area (Å²) in [5.74, 6) is -3.04. The third-order valence-electron chi connectivity index (χ3n) is 1.73. The van der Waals surface area contributed by atoms with Crippen molar-refractivity contribution in [2.24, 2.45) is 0 Å². The van der Waals surface area contributed by atoms with Gasteiger partial charge in [0.15, 0.2) is 0 Å². The monoisotopic (exact) mass is 263 g/mol. The van der Waals surface area contributed by atoms with Crippen LogP contribution in [-0.4, -0.2) is 35.1 Å². The Bertz CT molecular complexity index is 563. The number of carbonyl (C=O) groups is 2. The molecular weight excluding hydrogens is 254 g/mol. The molecule has 0 spiro atoms. The summed E-state index contributed by atoms with van der Waals surface area (Å²) in [5, 5.41) is 17.2. The van der Waals surface area contributed by atoms with Gasteiger partial charge < -0.3 is 16.4 Å². The Morgan fingerprint density at radius 3 is 1.94 bits per heavy atom. The van der Waals surface area contributed by atoms with Gasteiger partial charge in [-0.25, -0.2) is 9.59 Å². The van der Waals surface area contributed by atoms with Crippen LogP contribution in [0, 0.1) is 0 Å². The van der Waals surface area contributed by atoms with E-state index < -0.39 is 32.5 Å². The topological polar surface area (TPSA) is 164 Å². The third kappa shape index (κ3) is 3.24. The lowest BCUT2D eigenvalue weighted by Crippen LogP contribution is -2.10. The number of benzene rings is 1. The van der Waals surface area contributed by atoms with E-state index in [4.69, 9.17) is 14.8 Å². The first kappa shape index (κ1) is 15.0. The summed E-state index contributed by atoms with van der Waals surface area (Å²) in [7, 11) is -4.69. The third-order valence-corrected chi connectivity index (χ3v) is 2.65. The Morgan fingerprint density at radius 1 is 1.06 bits per heavy atom. The molecule has 0 heterocycles. The summed E-state index contributed by atoms with van der Waals surface area (Å²) in [4.78, 5) is 20.4. The number of rotatable bonds is 3. The van der Waals surface area contributed by atoms with E-state index in [1.807, 2.05) is 0 Å². The van der Waals surface area contributed by atoms with Gasteiger partial charge in [0.25, 0.3) is 10.1 Å². The molecule has 0 aliphatic rings. The van der Waals surface area contributed by atoms with Crippen LogP contribution in [-0.2, 0) is 10.1 Å².